The van der Waals surface area contributed by atoms with E-state index in [0.717, 1.165) is 12.8 Å². The Balaban J connectivity index is 1.74. The molecule has 0 spiro atoms. The number of aryl methyl sites for hydroxylation is 1. The minimum Gasteiger partial charge on any atom is -0.354 e. The van der Waals surface area contributed by atoms with Crippen molar-refractivity contribution < 1.29 is 14.0 Å². The molecule has 0 aliphatic heterocycles. The molecule has 0 saturated heterocycles. The lowest BCUT2D eigenvalue weighted by Gasteiger charge is -2.07. The Morgan fingerprint density at radius 2 is 1.95 bits per heavy atom. The first-order valence-corrected chi connectivity index (χ1v) is 6.40. The number of rotatable bonds is 5. The summed E-state index contributed by atoms with van der Waals surface area (Å²) in [6.07, 6.45) is 1.92. The molecule has 2 rings (SSSR count). The van der Waals surface area contributed by atoms with E-state index in [0.29, 0.717) is 18.7 Å². The summed E-state index contributed by atoms with van der Waals surface area (Å²) < 4.78 is 13.3. The average molecular weight is 264 g/mol. The van der Waals surface area contributed by atoms with Crippen LogP contribution in [0.15, 0.2) is 18.2 Å². The highest BCUT2D eigenvalue weighted by Gasteiger charge is 2.28. The first kappa shape index (κ1) is 13.5. The standard InChI is InChI=1S/C14H17FN2O2/c1-9-2-3-11(8-12(9)15)14(19)17-7-6-16-13(18)10-4-5-10/h2-3,8,10H,4-7H2,1H3,(H,16,18)(H,17,19). The van der Waals surface area contributed by atoms with E-state index in [1.54, 1.807) is 19.1 Å². The highest BCUT2D eigenvalue weighted by atomic mass is 19.1. The molecule has 2 amide bonds. The Hall–Kier alpha value is -1.91. The number of carbonyl (C=O) groups excluding carboxylic acids is 2. The summed E-state index contributed by atoms with van der Waals surface area (Å²) in [5.41, 5.74) is 0.796. The van der Waals surface area contributed by atoms with E-state index >= 15 is 0 Å². The highest BCUT2D eigenvalue weighted by Crippen LogP contribution is 2.28. The van der Waals surface area contributed by atoms with Crippen molar-refractivity contribution in [1.82, 2.24) is 10.6 Å². The van der Waals surface area contributed by atoms with Crippen molar-refractivity contribution in [3.8, 4) is 0 Å². The predicted molar refractivity (Wildman–Crippen MR) is 69.2 cm³/mol. The van der Waals surface area contributed by atoms with Gasteiger partial charge < -0.3 is 10.6 Å². The third-order valence-electron chi connectivity index (χ3n) is 3.09. The molecule has 1 aliphatic carbocycles. The zero-order valence-corrected chi connectivity index (χ0v) is 10.8. The first-order chi connectivity index (χ1) is 9.08. The topological polar surface area (TPSA) is 58.2 Å². The van der Waals surface area contributed by atoms with Gasteiger partial charge in [-0.05, 0) is 37.5 Å². The molecule has 0 unspecified atom stereocenters. The van der Waals surface area contributed by atoms with Gasteiger partial charge in [0.15, 0.2) is 0 Å². The van der Waals surface area contributed by atoms with Gasteiger partial charge in [0.25, 0.3) is 5.91 Å². The van der Waals surface area contributed by atoms with Crippen LogP contribution in [0.3, 0.4) is 0 Å². The SMILES string of the molecule is Cc1ccc(C(=O)NCCNC(=O)C2CC2)cc1F. The molecule has 0 radical (unpaired) electrons. The maximum atomic E-state index is 13.3. The molecule has 0 aromatic heterocycles. The molecule has 102 valence electrons. The minimum absolute atomic E-state index is 0.0515. The normalized spacial score (nSPS) is 14.0. The number of benzene rings is 1. The Morgan fingerprint density at radius 3 is 2.58 bits per heavy atom. The van der Waals surface area contributed by atoms with Crippen LogP contribution in [0.4, 0.5) is 4.39 Å². The van der Waals surface area contributed by atoms with Crippen LogP contribution in [-0.4, -0.2) is 24.9 Å². The number of carbonyl (C=O) groups is 2. The van der Waals surface area contributed by atoms with E-state index in [-0.39, 0.29) is 23.3 Å². The second-order valence-electron chi connectivity index (χ2n) is 4.79. The van der Waals surface area contributed by atoms with Crippen molar-refractivity contribution in [2.75, 3.05) is 13.1 Å². The number of hydrogen-bond donors (Lipinski definition) is 2. The van der Waals surface area contributed by atoms with Crippen molar-refractivity contribution in [1.29, 1.82) is 0 Å². The van der Waals surface area contributed by atoms with Crippen LogP contribution < -0.4 is 10.6 Å². The van der Waals surface area contributed by atoms with Crippen molar-refractivity contribution >= 4 is 11.8 Å². The van der Waals surface area contributed by atoms with Crippen LogP contribution in [0.2, 0.25) is 0 Å². The second-order valence-corrected chi connectivity index (χ2v) is 4.79. The van der Waals surface area contributed by atoms with Gasteiger partial charge in [-0.15, -0.1) is 0 Å². The van der Waals surface area contributed by atoms with Gasteiger partial charge in [-0.25, -0.2) is 4.39 Å². The van der Waals surface area contributed by atoms with Gasteiger partial charge in [-0.3, -0.25) is 9.59 Å². The number of hydrogen-bond acceptors (Lipinski definition) is 2. The smallest absolute Gasteiger partial charge is 0.251 e. The van der Waals surface area contributed by atoms with E-state index in [4.69, 9.17) is 0 Å². The fourth-order valence-corrected chi connectivity index (χ4v) is 1.69. The summed E-state index contributed by atoms with van der Waals surface area (Å²) in [5, 5.41) is 5.38. The monoisotopic (exact) mass is 264 g/mol. The van der Waals surface area contributed by atoms with Gasteiger partial charge in [0.2, 0.25) is 5.91 Å². The Labute approximate surface area is 111 Å². The molecule has 0 heterocycles. The summed E-state index contributed by atoms with van der Waals surface area (Å²) in [7, 11) is 0. The van der Waals surface area contributed by atoms with E-state index < -0.39 is 5.82 Å². The quantitative estimate of drug-likeness (QED) is 0.790. The Morgan fingerprint density at radius 1 is 1.26 bits per heavy atom. The van der Waals surface area contributed by atoms with Gasteiger partial charge in [0, 0.05) is 24.6 Å². The molecule has 1 aromatic rings. The number of amides is 2. The maximum Gasteiger partial charge on any atom is 0.251 e. The third-order valence-corrected chi connectivity index (χ3v) is 3.09. The van der Waals surface area contributed by atoms with E-state index in [2.05, 4.69) is 10.6 Å². The first-order valence-electron chi connectivity index (χ1n) is 6.40. The highest BCUT2D eigenvalue weighted by molar-refractivity contribution is 5.94. The van der Waals surface area contributed by atoms with Crippen molar-refractivity contribution in [3.05, 3.63) is 35.1 Å². The van der Waals surface area contributed by atoms with Gasteiger partial charge in [-0.1, -0.05) is 6.07 Å². The van der Waals surface area contributed by atoms with Crippen molar-refractivity contribution in [2.45, 2.75) is 19.8 Å². The zero-order chi connectivity index (χ0) is 13.8. The fraction of sp³-hybridized carbons (Fsp3) is 0.429. The number of halogens is 1. The largest absolute Gasteiger partial charge is 0.354 e. The van der Waals surface area contributed by atoms with Crippen LogP contribution in [-0.2, 0) is 4.79 Å². The summed E-state index contributed by atoms with van der Waals surface area (Å²) in [5.74, 6) is -0.508. The van der Waals surface area contributed by atoms with Gasteiger partial charge in [-0.2, -0.15) is 0 Å². The van der Waals surface area contributed by atoms with Crippen molar-refractivity contribution in [2.24, 2.45) is 5.92 Å². The summed E-state index contributed by atoms with van der Waals surface area (Å²) in [6.45, 7) is 2.38. The third kappa shape index (κ3) is 3.77. The van der Waals surface area contributed by atoms with Gasteiger partial charge in [0.1, 0.15) is 5.82 Å². The predicted octanol–water partition coefficient (Wildman–Crippen LogP) is 1.39. The molecule has 0 bridgehead atoms. The van der Waals surface area contributed by atoms with E-state index in [1.165, 1.54) is 6.07 Å². The lowest BCUT2D eigenvalue weighted by molar-refractivity contribution is -0.122. The van der Waals surface area contributed by atoms with Crippen LogP contribution in [0.5, 0.6) is 0 Å². The second kappa shape index (κ2) is 5.82. The summed E-state index contributed by atoms with van der Waals surface area (Å²) >= 11 is 0. The molecule has 1 aromatic carbocycles. The Kier molecular flexibility index (Phi) is 4.14. The summed E-state index contributed by atoms with van der Waals surface area (Å²) in [6, 6.07) is 4.36. The molecule has 1 fully saturated rings. The van der Waals surface area contributed by atoms with Crippen molar-refractivity contribution in [3.63, 3.8) is 0 Å². The average Bonchev–Trinajstić information content (AvgIpc) is 3.21. The van der Waals surface area contributed by atoms with Crippen LogP contribution in [0.1, 0.15) is 28.8 Å². The molecule has 5 heteroatoms. The van der Waals surface area contributed by atoms with Gasteiger partial charge in [0.05, 0.1) is 0 Å². The zero-order valence-electron chi connectivity index (χ0n) is 10.8. The van der Waals surface area contributed by atoms with Crippen LogP contribution in [0.25, 0.3) is 0 Å². The van der Waals surface area contributed by atoms with Gasteiger partial charge >= 0.3 is 0 Å². The number of nitrogens with one attached hydrogen (secondary N) is 2. The molecular weight excluding hydrogens is 247 g/mol. The molecule has 1 aliphatic rings. The maximum absolute atomic E-state index is 13.3. The van der Waals surface area contributed by atoms with E-state index in [9.17, 15) is 14.0 Å². The van der Waals surface area contributed by atoms with Crippen LogP contribution in [0, 0.1) is 18.7 Å². The molecule has 1 saturated carbocycles. The molecule has 4 nitrogen and oxygen atoms in total. The molecular formula is C14H17FN2O2. The molecule has 0 atom stereocenters. The molecule has 19 heavy (non-hydrogen) atoms. The minimum atomic E-state index is -0.394. The Bertz CT molecular complexity index is 498. The van der Waals surface area contributed by atoms with Crippen LogP contribution >= 0.6 is 0 Å². The van der Waals surface area contributed by atoms with E-state index in [1.807, 2.05) is 0 Å². The lowest BCUT2D eigenvalue weighted by Crippen LogP contribution is -2.35. The fourth-order valence-electron chi connectivity index (χ4n) is 1.69. The summed E-state index contributed by atoms with van der Waals surface area (Å²) in [4.78, 5) is 23.0. The molecule has 2 N–H and O–H groups in total. The lowest BCUT2D eigenvalue weighted by atomic mass is 10.1.